The molecule has 2 aliphatic rings. The highest BCUT2D eigenvalue weighted by molar-refractivity contribution is 5.79. The second kappa shape index (κ2) is 6.62. The van der Waals surface area contributed by atoms with Gasteiger partial charge in [-0.05, 0) is 42.6 Å². The van der Waals surface area contributed by atoms with E-state index in [-0.39, 0.29) is 17.4 Å². The summed E-state index contributed by atoms with van der Waals surface area (Å²) >= 11 is 0. The standard InChI is InChI=1S/C21H24N2O2/c24-18(14-15-6-2-1-3-7-15)23-19-16-8-4-5-9-17(16)21(20(19)25)10-12-22-13-11-21/h1-9,19-20,22,25H,10-14H2,(H,23,24)/t19-,20+/m1/s1. The summed E-state index contributed by atoms with van der Waals surface area (Å²) in [5.41, 5.74) is 3.01. The zero-order valence-corrected chi connectivity index (χ0v) is 14.2. The summed E-state index contributed by atoms with van der Waals surface area (Å²) < 4.78 is 0. The van der Waals surface area contributed by atoms with Gasteiger partial charge in [0.15, 0.2) is 0 Å². The third kappa shape index (κ3) is 2.86. The maximum atomic E-state index is 12.6. The van der Waals surface area contributed by atoms with Crippen molar-refractivity contribution < 1.29 is 9.90 Å². The molecule has 130 valence electrons. The molecule has 4 nitrogen and oxygen atoms in total. The Morgan fingerprint density at radius 3 is 2.52 bits per heavy atom. The predicted molar refractivity (Wildman–Crippen MR) is 97.3 cm³/mol. The van der Waals surface area contributed by atoms with Crippen LogP contribution in [0.15, 0.2) is 54.6 Å². The fourth-order valence-corrected chi connectivity index (χ4v) is 4.47. The number of hydrogen-bond acceptors (Lipinski definition) is 3. The Morgan fingerprint density at radius 1 is 1.08 bits per heavy atom. The highest BCUT2D eigenvalue weighted by atomic mass is 16.3. The van der Waals surface area contributed by atoms with Crippen LogP contribution in [-0.4, -0.2) is 30.2 Å². The number of benzene rings is 2. The number of amides is 1. The van der Waals surface area contributed by atoms with E-state index in [0.29, 0.717) is 6.42 Å². The molecule has 3 N–H and O–H groups in total. The van der Waals surface area contributed by atoms with Crippen molar-refractivity contribution in [1.82, 2.24) is 10.6 Å². The van der Waals surface area contributed by atoms with Crippen molar-refractivity contribution in [2.24, 2.45) is 0 Å². The molecular weight excluding hydrogens is 312 g/mol. The van der Waals surface area contributed by atoms with Crippen molar-refractivity contribution in [1.29, 1.82) is 0 Å². The Kier molecular flexibility index (Phi) is 4.32. The second-order valence-electron chi connectivity index (χ2n) is 7.15. The number of carbonyl (C=O) groups excluding carboxylic acids is 1. The van der Waals surface area contributed by atoms with Gasteiger partial charge in [-0.3, -0.25) is 4.79 Å². The van der Waals surface area contributed by atoms with E-state index in [9.17, 15) is 9.90 Å². The van der Waals surface area contributed by atoms with Crippen molar-refractivity contribution in [3.63, 3.8) is 0 Å². The van der Waals surface area contributed by atoms with Crippen molar-refractivity contribution >= 4 is 5.91 Å². The van der Waals surface area contributed by atoms with E-state index in [1.165, 1.54) is 5.56 Å². The van der Waals surface area contributed by atoms with Crippen LogP contribution < -0.4 is 10.6 Å². The Hall–Kier alpha value is -2.17. The summed E-state index contributed by atoms with van der Waals surface area (Å²) in [7, 11) is 0. The lowest BCUT2D eigenvalue weighted by molar-refractivity contribution is -0.122. The molecule has 1 amide bonds. The molecule has 1 fully saturated rings. The molecule has 0 bridgehead atoms. The largest absolute Gasteiger partial charge is 0.390 e. The summed E-state index contributed by atoms with van der Waals surface area (Å²) in [5.74, 6) is -0.0453. The van der Waals surface area contributed by atoms with Crippen LogP contribution in [0.4, 0.5) is 0 Å². The first kappa shape index (κ1) is 16.3. The van der Waals surface area contributed by atoms with Gasteiger partial charge in [-0.25, -0.2) is 0 Å². The maximum Gasteiger partial charge on any atom is 0.224 e. The highest BCUT2D eigenvalue weighted by Crippen LogP contribution is 2.49. The van der Waals surface area contributed by atoms with Crippen LogP contribution in [0.1, 0.15) is 35.6 Å². The molecule has 0 aromatic heterocycles. The third-order valence-electron chi connectivity index (χ3n) is 5.73. The van der Waals surface area contributed by atoms with Gasteiger partial charge in [-0.2, -0.15) is 0 Å². The van der Waals surface area contributed by atoms with E-state index >= 15 is 0 Å². The van der Waals surface area contributed by atoms with Crippen molar-refractivity contribution in [3.05, 3.63) is 71.3 Å². The predicted octanol–water partition coefficient (Wildman–Crippen LogP) is 2.08. The fraction of sp³-hybridized carbons (Fsp3) is 0.381. The molecular formula is C21H24N2O2. The van der Waals surface area contributed by atoms with Gasteiger partial charge in [0, 0.05) is 5.41 Å². The minimum Gasteiger partial charge on any atom is -0.390 e. The van der Waals surface area contributed by atoms with Crippen LogP contribution in [0.2, 0.25) is 0 Å². The molecule has 1 saturated heterocycles. The van der Waals surface area contributed by atoms with Crippen LogP contribution in [0.3, 0.4) is 0 Å². The number of aliphatic hydroxyl groups excluding tert-OH is 1. The first-order chi connectivity index (χ1) is 12.2. The number of piperidine rings is 1. The summed E-state index contributed by atoms with van der Waals surface area (Å²) in [4.78, 5) is 12.6. The van der Waals surface area contributed by atoms with Gasteiger partial charge in [0.2, 0.25) is 5.91 Å². The number of aliphatic hydroxyl groups is 1. The van der Waals surface area contributed by atoms with E-state index in [1.54, 1.807) is 0 Å². The number of hydrogen-bond donors (Lipinski definition) is 3. The second-order valence-corrected chi connectivity index (χ2v) is 7.15. The van der Waals surface area contributed by atoms with Crippen LogP contribution in [0, 0.1) is 0 Å². The normalized spacial score (nSPS) is 24.0. The van der Waals surface area contributed by atoms with Crippen LogP contribution in [0.25, 0.3) is 0 Å². The van der Waals surface area contributed by atoms with Crippen LogP contribution >= 0.6 is 0 Å². The van der Waals surface area contributed by atoms with E-state index < -0.39 is 6.10 Å². The molecule has 2 aromatic carbocycles. The van der Waals surface area contributed by atoms with Gasteiger partial charge in [0.1, 0.15) is 0 Å². The van der Waals surface area contributed by atoms with Crippen LogP contribution in [0.5, 0.6) is 0 Å². The zero-order chi connectivity index (χ0) is 17.3. The monoisotopic (exact) mass is 336 g/mol. The fourth-order valence-electron chi connectivity index (χ4n) is 4.47. The van der Waals surface area contributed by atoms with Crippen molar-refractivity contribution in [2.75, 3.05) is 13.1 Å². The number of carbonyl (C=O) groups is 1. The number of rotatable bonds is 3. The first-order valence-electron chi connectivity index (χ1n) is 9.02. The molecule has 0 unspecified atom stereocenters. The van der Waals surface area contributed by atoms with Gasteiger partial charge in [0.25, 0.3) is 0 Å². The Bertz CT molecular complexity index is 754. The summed E-state index contributed by atoms with van der Waals surface area (Å²) in [5, 5.41) is 17.6. The molecule has 4 heteroatoms. The summed E-state index contributed by atoms with van der Waals surface area (Å²) in [6, 6.07) is 17.6. The molecule has 1 aliphatic carbocycles. The van der Waals surface area contributed by atoms with Crippen molar-refractivity contribution in [3.8, 4) is 0 Å². The third-order valence-corrected chi connectivity index (χ3v) is 5.73. The van der Waals surface area contributed by atoms with Gasteiger partial charge < -0.3 is 15.7 Å². The molecule has 0 saturated carbocycles. The van der Waals surface area contributed by atoms with Crippen molar-refractivity contribution in [2.45, 2.75) is 36.8 Å². The minimum absolute atomic E-state index is 0.0453. The minimum atomic E-state index is -0.577. The van der Waals surface area contributed by atoms with E-state index in [1.807, 2.05) is 48.5 Å². The van der Waals surface area contributed by atoms with E-state index in [2.05, 4.69) is 16.7 Å². The summed E-state index contributed by atoms with van der Waals surface area (Å²) in [6.07, 6.45) is 1.56. The first-order valence-corrected chi connectivity index (χ1v) is 9.02. The molecule has 1 spiro atoms. The number of fused-ring (bicyclic) bond motifs is 2. The number of nitrogens with one attached hydrogen (secondary N) is 2. The molecule has 1 heterocycles. The molecule has 1 aliphatic heterocycles. The SMILES string of the molecule is O=C(Cc1ccccc1)N[C@@H]1c2ccccc2C2(CCNCC2)[C@H]1O. The average Bonchev–Trinajstić information content (AvgIpc) is 2.86. The zero-order valence-electron chi connectivity index (χ0n) is 14.2. The van der Waals surface area contributed by atoms with Gasteiger partial charge >= 0.3 is 0 Å². The summed E-state index contributed by atoms with van der Waals surface area (Å²) in [6.45, 7) is 1.80. The quantitative estimate of drug-likeness (QED) is 0.804. The lowest BCUT2D eigenvalue weighted by Gasteiger charge is -2.38. The lowest BCUT2D eigenvalue weighted by atomic mass is 9.72. The van der Waals surface area contributed by atoms with Gasteiger partial charge in [-0.15, -0.1) is 0 Å². The Balaban J connectivity index is 1.58. The molecule has 25 heavy (non-hydrogen) atoms. The van der Waals surface area contributed by atoms with Crippen LogP contribution in [-0.2, 0) is 16.6 Å². The Morgan fingerprint density at radius 2 is 1.76 bits per heavy atom. The van der Waals surface area contributed by atoms with E-state index in [0.717, 1.165) is 37.1 Å². The average molecular weight is 336 g/mol. The highest BCUT2D eigenvalue weighted by Gasteiger charge is 2.51. The molecule has 2 aromatic rings. The topological polar surface area (TPSA) is 61.4 Å². The Labute approximate surface area is 148 Å². The molecule has 0 radical (unpaired) electrons. The molecule has 4 rings (SSSR count). The van der Waals surface area contributed by atoms with Gasteiger partial charge in [-0.1, -0.05) is 54.6 Å². The van der Waals surface area contributed by atoms with E-state index in [4.69, 9.17) is 0 Å². The lowest BCUT2D eigenvalue weighted by Crippen LogP contribution is -2.48. The smallest absolute Gasteiger partial charge is 0.224 e. The van der Waals surface area contributed by atoms with Gasteiger partial charge in [0.05, 0.1) is 18.6 Å². The molecule has 2 atom stereocenters. The maximum absolute atomic E-state index is 12.6.